The van der Waals surface area contributed by atoms with Crippen LogP contribution in [0.15, 0.2) is 24.3 Å². The van der Waals surface area contributed by atoms with Crippen LogP contribution in [0.3, 0.4) is 0 Å². The molecule has 0 spiro atoms. The van der Waals surface area contributed by atoms with Gasteiger partial charge in [-0.25, -0.2) is 0 Å². The lowest BCUT2D eigenvalue weighted by Gasteiger charge is -2.18. The predicted molar refractivity (Wildman–Crippen MR) is 80.0 cm³/mol. The summed E-state index contributed by atoms with van der Waals surface area (Å²) in [6.07, 6.45) is 1.03. The maximum absolute atomic E-state index is 11.9. The fourth-order valence-electron chi connectivity index (χ4n) is 1.82. The summed E-state index contributed by atoms with van der Waals surface area (Å²) in [7, 11) is 0. The van der Waals surface area contributed by atoms with Crippen LogP contribution in [0.5, 0.6) is 5.75 Å². The number of hydrogen-bond acceptors (Lipinski definition) is 3. The van der Waals surface area contributed by atoms with Crippen molar-refractivity contribution in [2.24, 2.45) is 5.92 Å². The Balaban J connectivity index is 2.42. The van der Waals surface area contributed by atoms with Gasteiger partial charge in [0.1, 0.15) is 5.75 Å². The number of amides is 1. The van der Waals surface area contributed by atoms with Crippen LogP contribution in [0.2, 0.25) is 5.02 Å². The van der Waals surface area contributed by atoms with E-state index in [9.17, 15) is 4.79 Å². The molecule has 4 nitrogen and oxygen atoms in total. The molecule has 2 N–H and O–H groups in total. The first-order chi connectivity index (χ1) is 9.56. The Bertz CT molecular complexity index is 425. The first-order valence-corrected chi connectivity index (χ1v) is 7.25. The molecule has 0 aliphatic heterocycles. The molecule has 0 heterocycles. The minimum Gasteiger partial charge on any atom is -0.481 e. The fourth-order valence-corrected chi connectivity index (χ4v) is 2.00. The Hall–Kier alpha value is -1.26. The summed E-state index contributed by atoms with van der Waals surface area (Å²) in [6.45, 7) is 4.43. The normalized spacial score (nSPS) is 13.6. The van der Waals surface area contributed by atoms with E-state index in [1.165, 1.54) is 0 Å². The number of rotatable bonds is 8. The van der Waals surface area contributed by atoms with E-state index < -0.39 is 6.10 Å². The van der Waals surface area contributed by atoms with Gasteiger partial charge in [0, 0.05) is 18.2 Å². The Morgan fingerprint density at radius 3 is 2.85 bits per heavy atom. The molecule has 2 unspecified atom stereocenters. The lowest BCUT2D eigenvalue weighted by molar-refractivity contribution is -0.127. The van der Waals surface area contributed by atoms with Crippen molar-refractivity contribution >= 4 is 17.5 Å². The SMILES string of the molecule is CCC(CCO)CNC(=O)C(C)Oc1cccc(Cl)c1. The Morgan fingerprint density at radius 2 is 2.25 bits per heavy atom. The number of nitrogens with one attached hydrogen (secondary N) is 1. The van der Waals surface area contributed by atoms with Gasteiger partial charge in [0.2, 0.25) is 0 Å². The number of benzene rings is 1. The van der Waals surface area contributed by atoms with Gasteiger partial charge in [0.05, 0.1) is 0 Å². The Labute approximate surface area is 125 Å². The highest BCUT2D eigenvalue weighted by Gasteiger charge is 2.16. The predicted octanol–water partition coefficient (Wildman–Crippen LogP) is 2.63. The van der Waals surface area contributed by atoms with Crippen molar-refractivity contribution in [3.8, 4) is 5.75 Å². The molecule has 2 atom stereocenters. The molecule has 0 saturated carbocycles. The van der Waals surface area contributed by atoms with Gasteiger partial charge in [-0.2, -0.15) is 0 Å². The van der Waals surface area contributed by atoms with Gasteiger partial charge in [-0.3, -0.25) is 4.79 Å². The molecule has 0 saturated heterocycles. The largest absolute Gasteiger partial charge is 0.481 e. The molecule has 112 valence electrons. The van der Waals surface area contributed by atoms with E-state index in [-0.39, 0.29) is 12.5 Å². The summed E-state index contributed by atoms with van der Waals surface area (Å²) >= 11 is 5.86. The van der Waals surface area contributed by atoms with Gasteiger partial charge in [0.25, 0.3) is 5.91 Å². The summed E-state index contributed by atoms with van der Waals surface area (Å²) in [5, 5.41) is 12.3. The zero-order chi connectivity index (χ0) is 15.0. The molecule has 1 aromatic carbocycles. The standard InChI is InChI=1S/C15H22ClNO3/c1-3-12(7-8-18)10-17-15(19)11(2)20-14-6-4-5-13(16)9-14/h4-6,9,11-12,18H,3,7-8,10H2,1-2H3,(H,17,19). The van der Waals surface area contributed by atoms with Gasteiger partial charge in [0.15, 0.2) is 6.10 Å². The smallest absolute Gasteiger partial charge is 0.260 e. The summed E-state index contributed by atoms with van der Waals surface area (Å²) in [5.41, 5.74) is 0. The van der Waals surface area contributed by atoms with E-state index in [0.717, 1.165) is 6.42 Å². The first-order valence-electron chi connectivity index (χ1n) is 6.87. The zero-order valence-corrected chi connectivity index (χ0v) is 12.7. The number of hydrogen-bond donors (Lipinski definition) is 2. The molecule has 1 rings (SSSR count). The van der Waals surface area contributed by atoms with Crippen molar-refractivity contribution in [3.05, 3.63) is 29.3 Å². The van der Waals surface area contributed by atoms with E-state index in [4.69, 9.17) is 21.4 Å². The highest BCUT2D eigenvalue weighted by molar-refractivity contribution is 6.30. The monoisotopic (exact) mass is 299 g/mol. The van der Waals surface area contributed by atoms with Crippen LogP contribution >= 0.6 is 11.6 Å². The van der Waals surface area contributed by atoms with E-state index in [2.05, 4.69) is 5.32 Å². The molecule has 1 aromatic rings. The number of halogens is 1. The number of carbonyl (C=O) groups is 1. The molecule has 0 radical (unpaired) electrons. The molecule has 0 fully saturated rings. The summed E-state index contributed by atoms with van der Waals surface area (Å²) in [4.78, 5) is 11.9. The maximum atomic E-state index is 11.9. The fraction of sp³-hybridized carbons (Fsp3) is 0.533. The van der Waals surface area contributed by atoms with Crippen LogP contribution in [0.25, 0.3) is 0 Å². The third-order valence-corrected chi connectivity index (χ3v) is 3.39. The second-order valence-corrected chi connectivity index (χ2v) is 5.19. The second-order valence-electron chi connectivity index (χ2n) is 4.75. The molecule has 1 amide bonds. The lowest BCUT2D eigenvalue weighted by Crippen LogP contribution is -2.39. The van der Waals surface area contributed by atoms with Crippen molar-refractivity contribution in [2.75, 3.05) is 13.2 Å². The van der Waals surface area contributed by atoms with E-state index >= 15 is 0 Å². The van der Waals surface area contributed by atoms with Crippen molar-refractivity contribution < 1.29 is 14.6 Å². The average molecular weight is 300 g/mol. The molecule has 0 aliphatic carbocycles. The first kappa shape index (κ1) is 16.8. The highest BCUT2D eigenvalue weighted by atomic mass is 35.5. The number of aliphatic hydroxyl groups is 1. The molecular weight excluding hydrogens is 278 g/mol. The average Bonchev–Trinajstić information content (AvgIpc) is 2.43. The van der Waals surface area contributed by atoms with Crippen LogP contribution in [0.1, 0.15) is 26.7 Å². The number of aliphatic hydroxyl groups excluding tert-OH is 1. The van der Waals surface area contributed by atoms with E-state index in [0.29, 0.717) is 29.7 Å². The number of ether oxygens (including phenoxy) is 1. The summed E-state index contributed by atoms with van der Waals surface area (Å²) in [6, 6.07) is 6.96. The number of carbonyl (C=O) groups excluding carboxylic acids is 1. The molecule has 20 heavy (non-hydrogen) atoms. The quantitative estimate of drug-likeness (QED) is 0.776. The molecule has 0 bridgehead atoms. The third-order valence-electron chi connectivity index (χ3n) is 3.16. The topological polar surface area (TPSA) is 58.6 Å². The van der Waals surface area contributed by atoms with Crippen molar-refractivity contribution in [1.29, 1.82) is 0 Å². The third kappa shape index (κ3) is 5.80. The van der Waals surface area contributed by atoms with E-state index in [1.807, 2.05) is 6.92 Å². The minimum atomic E-state index is -0.583. The molecule has 0 aliphatic rings. The Kier molecular flexibility index (Phi) is 7.41. The van der Waals surface area contributed by atoms with Crippen molar-refractivity contribution in [2.45, 2.75) is 32.8 Å². The summed E-state index contributed by atoms with van der Waals surface area (Å²) < 4.78 is 5.54. The van der Waals surface area contributed by atoms with Gasteiger partial charge in [-0.05, 0) is 37.5 Å². The minimum absolute atomic E-state index is 0.142. The molecule has 5 heteroatoms. The highest BCUT2D eigenvalue weighted by Crippen LogP contribution is 2.18. The zero-order valence-electron chi connectivity index (χ0n) is 11.9. The van der Waals surface area contributed by atoms with Crippen LogP contribution in [0, 0.1) is 5.92 Å². The van der Waals surface area contributed by atoms with Gasteiger partial charge < -0.3 is 15.2 Å². The van der Waals surface area contributed by atoms with Crippen molar-refractivity contribution in [3.63, 3.8) is 0 Å². The van der Waals surface area contributed by atoms with Gasteiger partial charge in [-0.15, -0.1) is 0 Å². The van der Waals surface area contributed by atoms with E-state index in [1.54, 1.807) is 31.2 Å². The van der Waals surface area contributed by atoms with Crippen LogP contribution < -0.4 is 10.1 Å². The van der Waals surface area contributed by atoms with Gasteiger partial charge in [-0.1, -0.05) is 31.0 Å². The van der Waals surface area contributed by atoms with Crippen LogP contribution in [-0.4, -0.2) is 30.3 Å². The molecular formula is C15H22ClNO3. The molecule has 0 aromatic heterocycles. The second kappa shape index (κ2) is 8.82. The van der Waals surface area contributed by atoms with Crippen LogP contribution in [0.4, 0.5) is 0 Å². The van der Waals surface area contributed by atoms with Crippen molar-refractivity contribution in [1.82, 2.24) is 5.32 Å². The van der Waals surface area contributed by atoms with Gasteiger partial charge >= 0.3 is 0 Å². The summed E-state index contributed by atoms with van der Waals surface area (Å²) in [5.74, 6) is 0.700. The Morgan fingerprint density at radius 1 is 1.50 bits per heavy atom. The maximum Gasteiger partial charge on any atom is 0.260 e. The lowest BCUT2D eigenvalue weighted by atomic mass is 10.0. The van der Waals surface area contributed by atoms with Crippen LogP contribution in [-0.2, 0) is 4.79 Å².